The van der Waals surface area contributed by atoms with Crippen molar-refractivity contribution in [3.05, 3.63) is 82.8 Å². The summed E-state index contributed by atoms with van der Waals surface area (Å²) in [5.41, 5.74) is 0.867. The lowest BCUT2D eigenvalue weighted by Crippen LogP contribution is -2.44. The molecule has 0 unspecified atom stereocenters. The van der Waals surface area contributed by atoms with Crippen molar-refractivity contribution >= 4 is 11.8 Å². The molecule has 1 saturated carbocycles. The van der Waals surface area contributed by atoms with Crippen LogP contribution in [0, 0.1) is 24.4 Å². The number of carbonyl (C=O) groups is 2. The zero-order valence-electron chi connectivity index (χ0n) is 19.4. The van der Waals surface area contributed by atoms with E-state index in [0.717, 1.165) is 36.0 Å². The van der Waals surface area contributed by atoms with E-state index in [9.17, 15) is 27.9 Å². The van der Waals surface area contributed by atoms with Crippen molar-refractivity contribution < 1.29 is 32.6 Å². The highest BCUT2D eigenvalue weighted by Gasteiger charge is 2.26. The van der Waals surface area contributed by atoms with E-state index in [-0.39, 0.29) is 46.5 Å². The molecule has 188 valence electrons. The van der Waals surface area contributed by atoms with Crippen LogP contribution in [-0.2, 0) is 0 Å². The number of ether oxygens (including phenoxy) is 1. The van der Waals surface area contributed by atoms with Gasteiger partial charge in [0.2, 0.25) is 5.88 Å². The van der Waals surface area contributed by atoms with Crippen molar-refractivity contribution in [2.75, 3.05) is 0 Å². The second kappa shape index (κ2) is 10.7. The molecule has 0 aliphatic heterocycles. The van der Waals surface area contributed by atoms with E-state index < -0.39 is 23.4 Å². The van der Waals surface area contributed by atoms with Gasteiger partial charge in [-0.3, -0.25) is 9.59 Å². The number of phenols is 1. The Bertz CT molecular complexity index is 1290. The third kappa shape index (κ3) is 5.94. The second-order valence-corrected chi connectivity index (χ2v) is 8.70. The van der Waals surface area contributed by atoms with Crippen LogP contribution in [0.3, 0.4) is 0 Å². The Balaban J connectivity index is 1.36. The number of amides is 2. The summed E-state index contributed by atoms with van der Waals surface area (Å²) in [6, 6.07) is 8.22. The first-order chi connectivity index (χ1) is 17.2. The van der Waals surface area contributed by atoms with E-state index in [1.807, 2.05) is 6.92 Å². The minimum atomic E-state index is -1.14. The van der Waals surface area contributed by atoms with Gasteiger partial charge in [-0.05, 0) is 62.9 Å². The number of benzene rings is 2. The van der Waals surface area contributed by atoms with Crippen LogP contribution in [-0.4, -0.2) is 34.0 Å². The molecule has 3 aromatic rings. The maximum Gasteiger partial charge on any atom is 0.257 e. The summed E-state index contributed by atoms with van der Waals surface area (Å²) < 4.78 is 45.9. The largest absolute Gasteiger partial charge is 0.507 e. The molecule has 4 rings (SSSR count). The quantitative estimate of drug-likeness (QED) is 0.454. The number of aromatic nitrogens is 1. The van der Waals surface area contributed by atoms with Gasteiger partial charge in [-0.2, -0.15) is 0 Å². The van der Waals surface area contributed by atoms with Crippen LogP contribution in [0.4, 0.5) is 13.2 Å². The van der Waals surface area contributed by atoms with Gasteiger partial charge in [0.25, 0.3) is 11.8 Å². The fourth-order valence-electron chi connectivity index (χ4n) is 4.06. The molecule has 2 amide bonds. The number of halogens is 3. The van der Waals surface area contributed by atoms with Gasteiger partial charge in [-0.25, -0.2) is 18.2 Å². The van der Waals surface area contributed by atoms with Crippen molar-refractivity contribution in [1.29, 1.82) is 0 Å². The van der Waals surface area contributed by atoms with Crippen molar-refractivity contribution in [2.45, 2.75) is 44.7 Å². The molecule has 0 saturated heterocycles. The topological polar surface area (TPSA) is 101 Å². The molecule has 1 aromatic heterocycles. The van der Waals surface area contributed by atoms with E-state index in [2.05, 4.69) is 15.6 Å². The van der Waals surface area contributed by atoms with E-state index >= 15 is 0 Å². The second-order valence-electron chi connectivity index (χ2n) is 8.70. The third-order valence-electron chi connectivity index (χ3n) is 5.96. The summed E-state index contributed by atoms with van der Waals surface area (Å²) in [4.78, 5) is 29.2. The molecule has 2 aromatic carbocycles. The molecule has 0 bridgehead atoms. The van der Waals surface area contributed by atoms with Gasteiger partial charge in [-0.1, -0.05) is 11.6 Å². The van der Waals surface area contributed by atoms with Crippen LogP contribution in [0.2, 0.25) is 0 Å². The van der Waals surface area contributed by atoms with Gasteiger partial charge in [-0.15, -0.1) is 0 Å². The van der Waals surface area contributed by atoms with Crippen LogP contribution in [0.5, 0.6) is 17.4 Å². The minimum absolute atomic E-state index is 0.0934. The van der Waals surface area contributed by atoms with Crippen LogP contribution in [0.1, 0.15) is 52.0 Å². The first-order valence-electron chi connectivity index (χ1n) is 11.4. The van der Waals surface area contributed by atoms with Crippen molar-refractivity contribution in [2.24, 2.45) is 0 Å². The predicted octanol–water partition coefficient (Wildman–Crippen LogP) is 4.78. The average molecular weight is 499 g/mol. The lowest BCUT2D eigenvalue weighted by Gasteiger charge is -2.30. The first-order valence-corrected chi connectivity index (χ1v) is 11.4. The highest BCUT2D eigenvalue weighted by molar-refractivity contribution is 5.97. The highest BCUT2D eigenvalue weighted by Crippen LogP contribution is 2.27. The van der Waals surface area contributed by atoms with Crippen molar-refractivity contribution in [3.63, 3.8) is 0 Å². The Kier molecular flexibility index (Phi) is 7.42. The standard InChI is InChI=1S/C26H24F3N3O4/c1-14-2-9-23(33)19(10-14)24(34)31-16-3-5-17(6-4-16)32-25(35)20-11-15(27)13-30-26(20)36-18-7-8-21(28)22(29)12-18/h2,7-13,16-17,33H,3-6H2,1H3,(H,31,34)(H,32,35)/t16-,17+. The molecule has 1 aliphatic rings. The van der Waals surface area contributed by atoms with Gasteiger partial charge in [0.15, 0.2) is 11.6 Å². The van der Waals surface area contributed by atoms with E-state index in [0.29, 0.717) is 25.7 Å². The maximum atomic E-state index is 13.8. The van der Waals surface area contributed by atoms with Crippen LogP contribution in [0.15, 0.2) is 48.7 Å². The lowest BCUT2D eigenvalue weighted by molar-refractivity contribution is 0.0888. The Morgan fingerprint density at radius 3 is 2.17 bits per heavy atom. The zero-order valence-corrected chi connectivity index (χ0v) is 19.4. The smallest absolute Gasteiger partial charge is 0.257 e. The monoisotopic (exact) mass is 499 g/mol. The summed E-state index contributed by atoms with van der Waals surface area (Å²) in [5, 5.41) is 15.7. The van der Waals surface area contributed by atoms with Crippen LogP contribution >= 0.6 is 0 Å². The summed E-state index contributed by atoms with van der Waals surface area (Å²) in [6.45, 7) is 1.83. The van der Waals surface area contributed by atoms with E-state index in [4.69, 9.17) is 4.74 Å². The molecular formula is C26H24F3N3O4. The molecule has 0 spiro atoms. The SMILES string of the molecule is Cc1ccc(O)c(C(=O)N[C@H]2CC[C@@H](NC(=O)c3cc(F)cnc3Oc3ccc(F)c(F)c3)CC2)c1. The van der Waals surface area contributed by atoms with Crippen LogP contribution in [0.25, 0.3) is 0 Å². The third-order valence-corrected chi connectivity index (χ3v) is 5.96. The summed E-state index contributed by atoms with van der Waals surface area (Å²) in [5.74, 6) is -4.40. The molecule has 1 aliphatic carbocycles. The number of rotatable bonds is 6. The fraction of sp³-hybridized carbons (Fsp3) is 0.269. The number of aryl methyl sites for hydroxylation is 1. The van der Waals surface area contributed by atoms with Gasteiger partial charge in [0, 0.05) is 18.2 Å². The first kappa shape index (κ1) is 25.0. The van der Waals surface area contributed by atoms with E-state index in [1.54, 1.807) is 12.1 Å². The molecule has 7 nitrogen and oxygen atoms in total. The van der Waals surface area contributed by atoms with Gasteiger partial charge < -0.3 is 20.5 Å². The Morgan fingerprint density at radius 2 is 1.53 bits per heavy atom. The molecule has 10 heteroatoms. The number of hydrogen-bond acceptors (Lipinski definition) is 5. The molecule has 3 N–H and O–H groups in total. The van der Waals surface area contributed by atoms with Gasteiger partial charge in [0.05, 0.1) is 11.8 Å². The summed E-state index contributed by atoms with van der Waals surface area (Å²) in [6.07, 6.45) is 3.13. The molecular weight excluding hydrogens is 475 g/mol. The fourth-order valence-corrected chi connectivity index (χ4v) is 4.06. The maximum absolute atomic E-state index is 13.8. The van der Waals surface area contributed by atoms with Crippen molar-refractivity contribution in [3.8, 4) is 17.4 Å². The van der Waals surface area contributed by atoms with Gasteiger partial charge in [0.1, 0.15) is 22.9 Å². The summed E-state index contributed by atoms with van der Waals surface area (Å²) in [7, 11) is 0. The number of hydrogen-bond donors (Lipinski definition) is 3. The molecule has 1 fully saturated rings. The Morgan fingerprint density at radius 1 is 0.889 bits per heavy atom. The average Bonchev–Trinajstić information content (AvgIpc) is 2.85. The van der Waals surface area contributed by atoms with Gasteiger partial charge >= 0.3 is 0 Å². The summed E-state index contributed by atoms with van der Waals surface area (Å²) >= 11 is 0. The predicted molar refractivity (Wildman–Crippen MR) is 124 cm³/mol. The normalized spacial score (nSPS) is 17.3. The van der Waals surface area contributed by atoms with Crippen molar-refractivity contribution in [1.82, 2.24) is 15.6 Å². The molecule has 0 atom stereocenters. The molecule has 1 heterocycles. The van der Waals surface area contributed by atoms with Crippen LogP contribution < -0.4 is 15.4 Å². The lowest BCUT2D eigenvalue weighted by atomic mass is 9.90. The number of nitrogens with one attached hydrogen (secondary N) is 2. The highest BCUT2D eigenvalue weighted by atomic mass is 19.2. The Hall–Kier alpha value is -4.08. The number of nitrogens with zero attached hydrogens (tertiary/aromatic N) is 1. The number of aromatic hydroxyl groups is 1. The number of pyridine rings is 1. The van der Waals surface area contributed by atoms with E-state index in [1.165, 1.54) is 6.07 Å². The number of phenolic OH excluding ortho intramolecular Hbond substituents is 1. The Labute approximate surface area is 205 Å². The number of carbonyl (C=O) groups excluding carboxylic acids is 2. The zero-order chi connectivity index (χ0) is 25.8. The molecule has 36 heavy (non-hydrogen) atoms. The molecule has 0 radical (unpaired) electrons. The minimum Gasteiger partial charge on any atom is -0.507 e.